The van der Waals surface area contributed by atoms with Gasteiger partial charge in [0, 0.05) is 35.4 Å². The summed E-state index contributed by atoms with van der Waals surface area (Å²) in [5.74, 6) is 0.682. The molecular formula is C20H20N6. The highest BCUT2D eigenvalue weighted by molar-refractivity contribution is 5.88. The van der Waals surface area contributed by atoms with Crippen molar-refractivity contribution in [2.24, 2.45) is 0 Å². The average molecular weight is 344 g/mol. The molecule has 26 heavy (non-hydrogen) atoms. The van der Waals surface area contributed by atoms with E-state index in [2.05, 4.69) is 56.0 Å². The smallest absolute Gasteiger partial charge is 0.241 e. The summed E-state index contributed by atoms with van der Waals surface area (Å²) >= 11 is 0. The van der Waals surface area contributed by atoms with Crippen molar-refractivity contribution in [2.45, 2.75) is 24.9 Å². The lowest BCUT2D eigenvalue weighted by atomic mass is 9.87. The van der Waals surface area contributed by atoms with E-state index in [1.807, 2.05) is 36.2 Å². The summed E-state index contributed by atoms with van der Waals surface area (Å²) in [5, 5.41) is 12.5. The minimum atomic E-state index is 0.452. The first kappa shape index (κ1) is 15.3. The van der Waals surface area contributed by atoms with E-state index in [1.54, 1.807) is 0 Å². The highest BCUT2D eigenvalue weighted by Gasteiger charge is 2.28. The van der Waals surface area contributed by atoms with Crippen molar-refractivity contribution in [3.63, 3.8) is 0 Å². The Balaban J connectivity index is 1.45. The molecule has 1 aliphatic carbocycles. The van der Waals surface area contributed by atoms with Gasteiger partial charge in [-0.2, -0.15) is 0 Å². The molecule has 3 aromatic heterocycles. The van der Waals surface area contributed by atoms with Crippen molar-refractivity contribution >= 4 is 22.4 Å². The SMILES string of the molecule is CN[C@H]1C[C@H](Nc2ncc3c(-c4ccc5ncccc5c4)ccn3n2)C1. The van der Waals surface area contributed by atoms with Crippen LogP contribution in [0.4, 0.5) is 5.95 Å². The van der Waals surface area contributed by atoms with Gasteiger partial charge in [-0.1, -0.05) is 12.1 Å². The second-order valence-electron chi connectivity index (χ2n) is 6.85. The van der Waals surface area contributed by atoms with Crippen LogP contribution in [0.3, 0.4) is 0 Å². The second-order valence-corrected chi connectivity index (χ2v) is 6.85. The molecule has 0 aliphatic heterocycles. The standard InChI is InChI=1S/C20H20N6/c1-21-15-10-16(11-15)24-20-23-12-19-17(6-8-26(19)25-20)13-4-5-18-14(9-13)3-2-7-22-18/h2-9,12,15-16,21H,10-11H2,1H3,(H,24,25)/t15-,16-. The fraction of sp³-hybridized carbons (Fsp3) is 0.250. The normalized spacial score (nSPS) is 19.6. The monoisotopic (exact) mass is 344 g/mol. The Morgan fingerprint density at radius 3 is 2.88 bits per heavy atom. The number of nitrogens with zero attached hydrogens (tertiary/aromatic N) is 4. The molecule has 0 bridgehead atoms. The topological polar surface area (TPSA) is 67.1 Å². The summed E-state index contributed by atoms with van der Waals surface area (Å²) in [4.78, 5) is 8.91. The molecule has 1 aliphatic rings. The van der Waals surface area contributed by atoms with Gasteiger partial charge in [-0.05, 0) is 49.7 Å². The Hall–Kier alpha value is -2.99. The van der Waals surface area contributed by atoms with E-state index < -0.39 is 0 Å². The molecule has 0 amide bonds. The van der Waals surface area contributed by atoms with Crippen LogP contribution in [0.2, 0.25) is 0 Å². The van der Waals surface area contributed by atoms with Crippen molar-refractivity contribution in [2.75, 3.05) is 12.4 Å². The zero-order valence-electron chi connectivity index (χ0n) is 14.6. The Labute approximate surface area is 151 Å². The summed E-state index contributed by atoms with van der Waals surface area (Å²) in [7, 11) is 2.01. The molecule has 1 saturated carbocycles. The number of hydrogen-bond acceptors (Lipinski definition) is 5. The maximum Gasteiger partial charge on any atom is 0.241 e. The predicted octanol–water partition coefficient (Wildman–Crippen LogP) is 3.11. The third-order valence-electron chi connectivity index (χ3n) is 5.21. The molecule has 6 nitrogen and oxygen atoms in total. The molecule has 4 aromatic rings. The number of aromatic nitrogens is 4. The van der Waals surface area contributed by atoms with Gasteiger partial charge < -0.3 is 10.6 Å². The molecule has 0 unspecified atom stereocenters. The van der Waals surface area contributed by atoms with Gasteiger partial charge in [0.25, 0.3) is 0 Å². The van der Waals surface area contributed by atoms with E-state index >= 15 is 0 Å². The maximum absolute atomic E-state index is 4.62. The van der Waals surface area contributed by atoms with Crippen LogP contribution < -0.4 is 10.6 Å². The average Bonchev–Trinajstić information content (AvgIpc) is 3.07. The van der Waals surface area contributed by atoms with Crippen LogP contribution in [0.5, 0.6) is 0 Å². The molecule has 5 rings (SSSR count). The summed E-state index contributed by atoms with van der Waals surface area (Å²) in [5.41, 5.74) is 4.28. The number of rotatable bonds is 4. The van der Waals surface area contributed by atoms with Gasteiger partial charge in [0.2, 0.25) is 5.95 Å². The molecule has 6 heteroatoms. The molecule has 1 fully saturated rings. The van der Waals surface area contributed by atoms with Crippen LogP contribution in [0.25, 0.3) is 27.5 Å². The van der Waals surface area contributed by atoms with Crippen LogP contribution >= 0.6 is 0 Å². The molecule has 0 spiro atoms. The van der Waals surface area contributed by atoms with E-state index in [9.17, 15) is 0 Å². The Morgan fingerprint density at radius 1 is 1.08 bits per heavy atom. The fourth-order valence-electron chi connectivity index (χ4n) is 3.61. The lowest BCUT2D eigenvalue weighted by Crippen LogP contribution is -2.46. The van der Waals surface area contributed by atoms with Gasteiger partial charge >= 0.3 is 0 Å². The fourth-order valence-corrected chi connectivity index (χ4v) is 3.61. The predicted molar refractivity (Wildman–Crippen MR) is 103 cm³/mol. The molecule has 3 heterocycles. The number of fused-ring (bicyclic) bond motifs is 2. The van der Waals surface area contributed by atoms with Crippen molar-refractivity contribution in [1.29, 1.82) is 0 Å². The minimum absolute atomic E-state index is 0.452. The summed E-state index contributed by atoms with van der Waals surface area (Å²) in [6.45, 7) is 0. The van der Waals surface area contributed by atoms with Crippen LogP contribution in [0.15, 0.2) is 55.0 Å². The first-order chi connectivity index (χ1) is 12.8. The Morgan fingerprint density at radius 2 is 2.00 bits per heavy atom. The van der Waals surface area contributed by atoms with E-state index in [4.69, 9.17) is 0 Å². The zero-order chi connectivity index (χ0) is 17.5. The highest BCUT2D eigenvalue weighted by Crippen LogP contribution is 2.28. The first-order valence-electron chi connectivity index (χ1n) is 8.93. The van der Waals surface area contributed by atoms with Gasteiger partial charge in [-0.3, -0.25) is 4.98 Å². The van der Waals surface area contributed by atoms with Crippen LogP contribution in [-0.4, -0.2) is 38.7 Å². The van der Waals surface area contributed by atoms with E-state index in [-0.39, 0.29) is 0 Å². The summed E-state index contributed by atoms with van der Waals surface area (Å²) in [6, 6.07) is 13.5. The number of hydrogen-bond donors (Lipinski definition) is 2. The molecule has 0 atom stereocenters. The van der Waals surface area contributed by atoms with Gasteiger partial charge in [-0.25, -0.2) is 9.50 Å². The van der Waals surface area contributed by atoms with E-state index in [0.29, 0.717) is 18.0 Å². The van der Waals surface area contributed by atoms with Gasteiger partial charge in [0.05, 0.1) is 17.2 Å². The molecule has 1 aromatic carbocycles. The van der Waals surface area contributed by atoms with Crippen molar-refractivity contribution in [1.82, 2.24) is 24.9 Å². The molecule has 0 radical (unpaired) electrons. The van der Waals surface area contributed by atoms with Gasteiger partial charge in [0.15, 0.2) is 0 Å². The lowest BCUT2D eigenvalue weighted by molar-refractivity contribution is 0.325. The van der Waals surface area contributed by atoms with Crippen LogP contribution in [0, 0.1) is 0 Å². The van der Waals surface area contributed by atoms with E-state index in [0.717, 1.165) is 40.4 Å². The second kappa shape index (κ2) is 6.07. The highest BCUT2D eigenvalue weighted by atomic mass is 15.3. The van der Waals surface area contributed by atoms with Crippen LogP contribution in [-0.2, 0) is 0 Å². The van der Waals surface area contributed by atoms with Crippen LogP contribution in [0.1, 0.15) is 12.8 Å². The summed E-state index contributed by atoms with van der Waals surface area (Å²) < 4.78 is 1.90. The van der Waals surface area contributed by atoms with Crippen molar-refractivity contribution in [3.8, 4) is 11.1 Å². The molecule has 130 valence electrons. The number of anilines is 1. The maximum atomic E-state index is 4.62. The quantitative estimate of drug-likeness (QED) is 0.595. The summed E-state index contributed by atoms with van der Waals surface area (Å²) in [6.07, 6.45) is 7.92. The first-order valence-corrected chi connectivity index (χ1v) is 8.93. The van der Waals surface area contributed by atoms with Gasteiger partial charge in [0.1, 0.15) is 0 Å². The number of benzene rings is 1. The largest absolute Gasteiger partial charge is 0.350 e. The minimum Gasteiger partial charge on any atom is -0.350 e. The molecular weight excluding hydrogens is 324 g/mol. The zero-order valence-corrected chi connectivity index (χ0v) is 14.6. The Bertz CT molecular complexity index is 1080. The van der Waals surface area contributed by atoms with Crippen molar-refractivity contribution in [3.05, 3.63) is 55.0 Å². The van der Waals surface area contributed by atoms with E-state index in [1.165, 1.54) is 0 Å². The van der Waals surface area contributed by atoms with Crippen molar-refractivity contribution < 1.29 is 0 Å². The number of pyridine rings is 1. The third-order valence-corrected chi connectivity index (χ3v) is 5.21. The molecule has 2 N–H and O–H groups in total. The molecule has 0 saturated heterocycles. The lowest BCUT2D eigenvalue weighted by Gasteiger charge is -2.35. The third kappa shape index (κ3) is 2.59. The number of nitrogens with one attached hydrogen (secondary N) is 2. The Kier molecular flexibility index (Phi) is 3.57. The van der Waals surface area contributed by atoms with Gasteiger partial charge in [-0.15, -0.1) is 5.10 Å².